The van der Waals surface area contributed by atoms with Gasteiger partial charge in [0.25, 0.3) is 0 Å². The standard InChI is InChI=1S/C16H26N2O3/c1-3-17-13-14-12-15(19-2)4-5-16(14)21-11-8-18-6-9-20-10-7-18/h4-5,12,17H,3,6-11,13H2,1-2H3. The van der Waals surface area contributed by atoms with E-state index in [-0.39, 0.29) is 0 Å². The van der Waals surface area contributed by atoms with Gasteiger partial charge in [-0.3, -0.25) is 4.90 Å². The summed E-state index contributed by atoms with van der Waals surface area (Å²) in [5, 5.41) is 3.33. The molecule has 1 heterocycles. The van der Waals surface area contributed by atoms with Gasteiger partial charge in [0.05, 0.1) is 20.3 Å². The molecule has 0 atom stereocenters. The van der Waals surface area contributed by atoms with E-state index in [9.17, 15) is 0 Å². The molecule has 0 radical (unpaired) electrons. The van der Waals surface area contributed by atoms with Crippen LogP contribution in [0.1, 0.15) is 12.5 Å². The van der Waals surface area contributed by atoms with E-state index in [2.05, 4.69) is 17.1 Å². The highest BCUT2D eigenvalue weighted by Gasteiger charge is 2.11. The number of hydrogen-bond acceptors (Lipinski definition) is 5. The summed E-state index contributed by atoms with van der Waals surface area (Å²) in [5.74, 6) is 1.80. The van der Waals surface area contributed by atoms with E-state index in [1.54, 1.807) is 7.11 Å². The fraction of sp³-hybridized carbons (Fsp3) is 0.625. The summed E-state index contributed by atoms with van der Waals surface area (Å²) in [7, 11) is 1.69. The summed E-state index contributed by atoms with van der Waals surface area (Å²) in [4.78, 5) is 2.37. The van der Waals surface area contributed by atoms with Crippen LogP contribution in [-0.4, -0.2) is 58.0 Å². The number of nitrogens with one attached hydrogen (secondary N) is 1. The summed E-state index contributed by atoms with van der Waals surface area (Å²) in [6, 6.07) is 5.97. The van der Waals surface area contributed by atoms with Gasteiger partial charge >= 0.3 is 0 Å². The second kappa shape index (κ2) is 8.87. The average molecular weight is 294 g/mol. The van der Waals surface area contributed by atoms with Gasteiger partial charge in [-0.15, -0.1) is 0 Å². The molecule has 0 aromatic heterocycles. The highest BCUT2D eigenvalue weighted by atomic mass is 16.5. The van der Waals surface area contributed by atoms with E-state index in [0.717, 1.165) is 63.0 Å². The maximum Gasteiger partial charge on any atom is 0.124 e. The largest absolute Gasteiger partial charge is 0.497 e. The Balaban J connectivity index is 1.87. The Morgan fingerprint density at radius 2 is 2.10 bits per heavy atom. The molecule has 5 nitrogen and oxygen atoms in total. The van der Waals surface area contributed by atoms with Gasteiger partial charge < -0.3 is 19.5 Å². The van der Waals surface area contributed by atoms with Crippen molar-refractivity contribution in [2.75, 3.05) is 53.1 Å². The van der Waals surface area contributed by atoms with E-state index < -0.39 is 0 Å². The average Bonchev–Trinajstić information content (AvgIpc) is 2.54. The highest BCUT2D eigenvalue weighted by Crippen LogP contribution is 2.24. The van der Waals surface area contributed by atoms with Gasteiger partial charge in [0.15, 0.2) is 0 Å². The summed E-state index contributed by atoms with van der Waals surface area (Å²) < 4.78 is 16.6. The number of hydrogen-bond donors (Lipinski definition) is 1. The molecule has 0 unspecified atom stereocenters. The van der Waals surface area contributed by atoms with Crippen molar-refractivity contribution in [1.29, 1.82) is 0 Å². The summed E-state index contributed by atoms with van der Waals surface area (Å²) in [5.41, 5.74) is 1.14. The van der Waals surface area contributed by atoms with Crippen LogP contribution in [0.2, 0.25) is 0 Å². The van der Waals surface area contributed by atoms with E-state index in [0.29, 0.717) is 6.61 Å². The van der Waals surface area contributed by atoms with Crippen molar-refractivity contribution in [2.45, 2.75) is 13.5 Å². The zero-order valence-electron chi connectivity index (χ0n) is 13.1. The molecule has 5 heteroatoms. The van der Waals surface area contributed by atoms with Crippen molar-refractivity contribution in [3.8, 4) is 11.5 Å². The fourth-order valence-electron chi connectivity index (χ4n) is 2.33. The Bertz CT molecular complexity index is 420. The Morgan fingerprint density at radius 3 is 2.81 bits per heavy atom. The highest BCUT2D eigenvalue weighted by molar-refractivity contribution is 5.40. The van der Waals surface area contributed by atoms with Crippen LogP contribution >= 0.6 is 0 Å². The molecule has 0 amide bonds. The van der Waals surface area contributed by atoms with Crippen LogP contribution in [0.4, 0.5) is 0 Å². The molecule has 0 saturated carbocycles. The Labute approximate surface area is 127 Å². The first-order valence-electron chi connectivity index (χ1n) is 7.64. The first-order valence-corrected chi connectivity index (χ1v) is 7.64. The molecule has 0 aliphatic carbocycles. The fourth-order valence-corrected chi connectivity index (χ4v) is 2.33. The van der Waals surface area contributed by atoms with Crippen LogP contribution in [0.3, 0.4) is 0 Å². The van der Waals surface area contributed by atoms with Crippen LogP contribution in [0.25, 0.3) is 0 Å². The quantitative estimate of drug-likeness (QED) is 0.787. The first-order chi connectivity index (χ1) is 10.3. The second-order valence-electron chi connectivity index (χ2n) is 5.06. The number of nitrogens with zero attached hydrogens (tertiary/aromatic N) is 1. The molecule has 118 valence electrons. The monoisotopic (exact) mass is 294 g/mol. The van der Waals surface area contributed by atoms with E-state index >= 15 is 0 Å². The van der Waals surface area contributed by atoms with Crippen LogP contribution in [0, 0.1) is 0 Å². The first kappa shape index (κ1) is 16.1. The smallest absolute Gasteiger partial charge is 0.124 e. The molecule has 1 aliphatic rings. The zero-order chi connectivity index (χ0) is 14.9. The lowest BCUT2D eigenvalue weighted by Crippen LogP contribution is -2.38. The van der Waals surface area contributed by atoms with Gasteiger partial charge in [0.2, 0.25) is 0 Å². The zero-order valence-corrected chi connectivity index (χ0v) is 13.1. The molecule has 2 rings (SSSR count). The predicted octanol–water partition coefficient (Wildman–Crippen LogP) is 1.52. The van der Waals surface area contributed by atoms with E-state index in [1.807, 2.05) is 18.2 Å². The number of morpholine rings is 1. The van der Waals surface area contributed by atoms with Gasteiger partial charge in [0.1, 0.15) is 18.1 Å². The third-order valence-corrected chi connectivity index (χ3v) is 3.60. The summed E-state index contributed by atoms with van der Waals surface area (Å²) in [6.07, 6.45) is 0. The Kier molecular flexibility index (Phi) is 6.79. The minimum atomic E-state index is 0.700. The predicted molar refractivity (Wildman–Crippen MR) is 83.1 cm³/mol. The van der Waals surface area contributed by atoms with Crippen molar-refractivity contribution in [3.63, 3.8) is 0 Å². The van der Waals surface area contributed by atoms with Crippen molar-refractivity contribution < 1.29 is 14.2 Å². The molecule has 0 spiro atoms. The summed E-state index contributed by atoms with van der Waals surface area (Å²) in [6.45, 7) is 9.11. The van der Waals surface area contributed by atoms with Gasteiger partial charge in [-0.1, -0.05) is 6.92 Å². The molecule has 1 fully saturated rings. The number of rotatable bonds is 8. The molecule has 1 aliphatic heterocycles. The molecular formula is C16H26N2O3. The van der Waals surface area contributed by atoms with Crippen molar-refractivity contribution in [1.82, 2.24) is 10.2 Å². The SMILES string of the molecule is CCNCc1cc(OC)ccc1OCCN1CCOCC1. The van der Waals surface area contributed by atoms with Crippen LogP contribution in [0.15, 0.2) is 18.2 Å². The lowest BCUT2D eigenvalue weighted by atomic mass is 10.2. The van der Waals surface area contributed by atoms with Crippen molar-refractivity contribution in [2.24, 2.45) is 0 Å². The van der Waals surface area contributed by atoms with Gasteiger partial charge in [-0.05, 0) is 24.7 Å². The molecule has 21 heavy (non-hydrogen) atoms. The minimum Gasteiger partial charge on any atom is -0.497 e. The number of benzene rings is 1. The lowest BCUT2D eigenvalue weighted by molar-refractivity contribution is 0.0322. The van der Waals surface area contributed by atoms with Crippen LogP contribution in [-0.2, 0) is 11.3 Å². The molecule has 0 bridgehead atoms. The van der Waals surface area contributed by atoms with Crippen molar-refractivity contribution in [3.05, 3.63) is 23.8 Å². The molecule has 1 saturated heterocycles. The topological polar surface area (TPSA) is 43.0 Å². The summed E-state index contributed by atoms with van der Waals surface area (Å²) >= 11 is 0. The van der Waals surface area contributed by atoms with Crippen LogP contribution in [0.5, 0.6) is 11.5 Å². The third-order valence-electron chi connectivity index (χ3n) is 3.60. The maximum absolute atomic E-state index is 5.96. The Hall–Kier alpha value is -1.30. The van der Waals surface area contributed by atoms with Crippen molar-refractivity contribution >= 4 is 0 Å². The van der Waals surface area contributed by atoms with Gasteiger partial charge in [-0.25, -0.2) is 0 Å². The lowest BCUT2D eigenvalue weighted by Gasteiger charge is -2.26. The number of methoxy groups -OCH3 is 1. The van der Waals surface area contributed by atoms with Gasteiger partial charge in [0, 0.05) is 31.7 Å². The maximum atomic E-state index is 5.96. The normalized spacial score (nSPS) is 15.9. The molecule has 1 aromatic carbocycles. The Morgan fingerprint density at radius 1 is 1.29 bits per heavy atom. The number of ether oxygens (including phenoxy) is 3. The second-order valence-corrected chi connectivity index (χ2v) is 5.06. The van der Waals surface area contributed by atoms with Gasteiger partial charge in [-0.2, -0.15) is 0 Å². The molecule has 1 N–H and O–H groups in total. The molecular weight excluding hydrogens is 268 g/mol. The van der Waals surface area contributed by atoms with E-state index in [1.165, 1.54) is 0 Å². The van der Waals surface area contributed by atoms with Crippen LogP contribution < -0.4 is 14.8 Å². The molecule has 1 aromatic rings. The third kappa shape index (κ3) is 5.19. The minimum absolute atomic E-state index is 0.700. The van der Waals surface area contributed by atoms with E-state index in [4.69, 9.17) is 14.2 Å².